The molecule has 0 spiro atoms. The van der Waals surface area contributed by atoms with Gasteiger partial charge in [-0.1, -0.05) is 19.4 Å². The summed E-state index contributed by atoms with van der Waals surface area (Å²) >= 11 is 0. The molecule has 2 amide bonds. The Bertz CT molecular complexity index is 1320. The molecule has 0 bridgehead atoms. The van der Waals surface area contributed by atoms with Crippen molar-refractivity contribution in [3.63, 3.8) is 0 Å². The number of ether oxygens (including phenoxy) is 1. The molecule has 11 nitrogen and oxygen atoms in total. The van der Waals surface area contributed by atoms with E-state index in [9.17, 15) is 24.0 Å². The SMILES string of the molecule is CCCc1c(C(=O)NCC(=O)Nc2cccc3c(=O)[nH][nH]c(=O)c23)[nH]c(C)c1C(=O)OC. The number of methoxy groups -OCH3 is 1. The fraction of sp³-hybridized carbons (Fsp3) is 0.286. The van der Waals surface area contributed by atoms with Crippen LogP contribution in [0.25, 0.3) is 10.8 Å². The van der Waals surface area contributed by atoms with E-state index in [1.807, 2.05) is 6.92 Å². The molecular weight excluding hydrogens is 418 g/mol. The quantitative estimate of drug-likeness (QED) is 0.343. The maximum absolute atomic E-state index is 12.7. The number of carbonyl (C=O) groups is 3. The Morgan fingerprint density at radius 3 is 2.50 bits per heavy atom. The Balaban J connectivity index is 1.78. The fourth-order valence-corrected chi connectivity index (χ4v) is 3.53. The number of aromatic nitrogens is 3. The van der Waals surface area contributed by atoms with Gasteiger partial charge in [-0.2, -0.15) is 0 Å². The number of esters is 1. The van der Waals surface area contributed by atoms with Gasteiger partial charge in [-0.15, -0.1) is 0 Å². The van der Waals surface area contributed by atoms with E-state index in [1.165, 1.54) is 25.3 Å². The zero-order valence-electron chi connectivity index (χ0n) is 17.8. The van der Waals surface area contributed by atoms with Gasteiger partial charge in [0.15, 0.2) is 0 Å². The highest BCUT2D eigenvalue weighted by molar-refractivity contribution is 6.05. The van der Waals surface area contributed by atoms with E-state index in [0.717, 1.165) is 0 Å². The predicted octanol–water partition coefficient (Wildman–Crippen LogP) is 0.961. The van der Waals surface area contributed by atoms with Crippen LogP contribution in [0, 0.1) is 6.92 Å². The highest BCUT2D eigenvalue weighted by Crippen LogP contribution is 2.22. The second-order valence-electron chi connectivity index (χ2n) is 7.09. The summed E-state index contributed by atoms with van der Waals surface area (Å²) in [6.07, 6.45) is 1.16. The Morgan fingerprint density at radius 1 is 1.09 bits per heavy atom. The number of H-pyrrole nitrogens is 3. The second-order valence-corrected chi connectivity index (χ2v) is 7.09. The summed E-state index contributed by atoms with van der Waals surface area (Å²) in [5, 5.41) is 9.62. The molecule has 0 fully saturated rings. The molecule has 2 aromatic heterocycles. The monoisotopic (exact) mass is 441 g/mol. The van der Waals surface area contributed by atoms with E-state index < -0.39 is 35.4 Å². The highest BCUT2D eigenvalue weighted by atomic mass is 16.5. The number of amides is 2. The van der Waals surface area contributed by atoms with Gasteiger partial charge in [0.05, 0.1) is 35.7 Å². The number of benzene rings is 1. The topological polar surface area (TPSA) is 166 Å². The van der Waals surface area contributed by atoms with E-state index in [-0.39, 0.29) is 22.2 Å². The fourth-order valence-electron chi connectivity index (χ4n) is 3.53. The van der Waals surface area contributed by atoms with Gasteiger partial charge < -0.3 is 20.4 Å². The maximum Gasteiger partial charge on any atom is 0.339 e. The van der Waals surface area contributed by atoms with E-state index >= 15 is 0 Å². The van der Waals surface area contributed by atoms with Crippen molar-refractivity contribution in [2.75, 3.05) is 19.0 Å². The molecule has 0 saturated heterocycles. The van der Waals surface area contributed by atoms with Crippen LogP contribution in [0.2, 0.25) is 0 Å². The summed E-state index contributed by atoms with van der Waals surface area (Å²) in [6.45, 7) is 3.18. The zero-order chi connectivity index (χ0) is 23.4. The van der Waals surface area contributed by atoms with Crippen molar-refractivity contribution in [1.82, 2.24) is 20.5 Å². The molecule has 32 heavy (non-hydrogen) atoms. The van der Waals surface area contributed by atoms with E-state index in [0.29, 0.717) is 29.7 Å². The first-order valence-electron chi connectivity index (χ1n) is 9.89. The number of rotatable bonds is 7. The lowest BCUT2D eigenvalue weighted by Crippen LogP contribution is -2.34. The molecule has 2 heterocycles. The Hall–Kier alpha value is -4.15. The molecule has 168 valence electrons. The van der Waals surface area contributed by atoms with Gasteiger partial charge in [-0.3, -0.25) is 29.4 Å². The molecule has 0 aliphatic heterocycles. The summed E-state index contributed by atoms with van der Waals surface area (Å²) in [6, 6.07) is 4.47. The molecule has 3 aromatic rings. The summed E-state index contributed by atoms with van der Waals surface area (Å²) < 4.78 is 4.81. The molecule has 0 radical (unpaired) electrons. The van der Waals surface area contributed by atoms with Crippen molar-refractivity contribution in [2.24, 2.45) is 0 Å². The number of fused-ring (bicyclic) bond motifs is 1. The van der Waals surface area contributed by atoms with E-state index in [4.69, 9.17) is 4.74 Å². The van der Waals surface area contributed by atoms with Crippen molar-refractivity contribution in [2.45, 2.75) is 26.7 Å². The maximum atomic E-state index is 12.7. The molecule has 11 heteroatoms. The van der Waals surface area contributed by atoms with Crippen LogP contribution in [0.5, 0.6) is 0 Å². The first-order chi connectivity index (χ1) is 15.3. The average molecular weight is 441 g/mol. The van der Waals surface area contributed by atoms with Crippen LogP contribution in [0.1, 0.15) is 45.4 Å². The third-order valence-electron chi connectivity index (χ3n) is 4.92. The van der Waals surface area contributed by atoms with Crippen LogP contribution < -0.4 is 21.8 Å². The summed E-state index contributed by atoms with van der Waals surface area (Å²) in [7, 11) is 1.26. The van der Waals surface area contributed by atoms with Crippen molar-refractivity contribution in [3.05, 3.63) is 61.4 Å². The third-order valence-corrected chi connectivity index (χ3v) is 4.92. The van der Waals surface area contributed by atoms with Gasteiger partial charge in [0.2, 0.25) is 5.91 Å². The minimum absolute atomic E-state index is 0.0314. The number of hydrogen-bond donors (Lipinski definition) is 5. The standard InChI is InChI=1S/C21H23N5O6/c1-4-6-11-15(21(31)32-3)10(2)23-17(11)20(30)22-9-14(27)24-13-8-5-7-12-16(13)19(29)26-25-18(12)28/h5,7-8,23H,4,6,9H2,1-3H3,(H,22,30)(H,24,27)(H,25,28)(H,26,29). The van der Waals surface area contributed by atoms with Crippen molar-refractivity contribution in [1.29, 1.82) is 0 Å². The van der Waals surface area contributed by atoms with Crippen LogP contribution in [0.15, 0.2) is 27.8 Å². The molecule has 0 saturated carbocycles. The molecule has 0 aliphatic carbocycles. The van der Waals surface area contributed by atoms with E-state index in [2.05, 4.69) is 25.8 Å². The minimum Gasteiger partial charge on any atom is -0.465 e. The van der Waals surface area contributed by atoms with Gasteiger partial charge in [0.25, 0.3) is 17.0 Å². The van der Waals surface area contributed by atoms with Gasteiger partial charge in [-0.05, 0) is 31.0 Å². The molecule has 3 rings (SSSR count). The zero-order valence-corrected chi connectivity index (χ0v) is 17.8. The van der Waals surface area contributed by atoms with Gasteiger partial charge >= 0.3 is 5.97 Å². The Kier molecular flexibility index (Phi) is 6.57. The molecule has 1 aromatic carbocycles. The predicted molar refractivity (Wildman–Crippen MR) is 117 cm³/mol. The molecule has 0 unspecified atom stereocenters. The largest absolute Gasteiger partial charge is 0.465 e. The van der Waals surface area contributed by atoms with Gasteiger partial charge in [0, 0.05) is 5.69 Å². The number of carbonyl (C=O) groups excluding carboxylic acids is 3. The summed E-state index contributed by atoms with van der Waals surface area (Å²) in [5.41, 5.74) is 0.584. The third kappa shape index (κ3) is 4.31. The summed E-state index contributed by atoms with van der Waals surface area (Å²) in [5.74, 6) is -1.71. The first-order valence-corrected chi connectivity index (χ1v) is 9.89. The lowest BCUT2D eigenvalue weighted by molar-refractivity contribution is -0.115. The first kappa shape index (κ1) is 22.5. The number of aromatic amines is 3. The van der Waals surface area contributed by atoms with Crippen molar-refractivity contribution in [3.8, 4) is 0 Å². The summed E-state index contributed by atoms with van der Waals surface area (Å²) in [4.78, 5) is 64.1. The van der Waals surface area contributed by atoms with Crippen molar-refractivity contribution < 1.29 is 19.1 Å². The Morgan fingerprint density at radius 2 is 1.81 bits per heavy atom. The highest BCUT2D eigenvalue weighted by Gasteiger charge is 2.25. The average Bonchev–Trinajstić information content (AvgIpc) is 3.10. The molecule has 0 aliphatic rings. The van der Waals surface area contributed by atoms with Crippen LogP contribution in [0.4, 0.5) is 5.69 Å². The lowest BCUT2D eigenvalue weighted by atomic mass is 10.0. The molecule has 0 atom stereocenters. The lowest BCUT2D eigenvalue weighted by Gasteiger charge is -2.09. The van der Waals surface area contributed by atoms with Crippen molar-refractivity contribution >= 4 is 34.2 Å². The smallest absolute Gasteiger partial charge is 0.339 e. The van der Waals surface area contributed by atoms with E-state index in [1.54, 1.807) is 6.92 Å². The van der Waals surface area contributed by atoms with Crippen LogP contribution >= 0.6 is 0 Å². The van der Waals surface area contributed by atoms with Crippen LogP contribution in [0.3, 0.4) is 0 Å². The number of nitrogens with one attached hydrogen (secondary N) is 5. The van der Waals surface area contributed by atoms with Gasteiger partial charge in [0.1, 0.15) is 5.69 Å². The normalized spacial score (nSPS) is 10.7. The van der Waals surface area contributed by atoms with Crippen LogP contribution in [-0.4, -0.2) is 46.6 Å². The minimum atomic E-state index is -0.598. The second kappa shape index (κ2) is 9.33. The Labute approximate surface area is 181 Å². The van der Waals surface area contributed by atoms with Gasteiger partial charge in [-0.25, -0.2) is 4.79 Å². The molecule has 5 N–H and O–H groups in total. The number of anilines is 1. The number of aryl methyl sites for hydroxylation is 1. The van der Waals surface area contributed by atoms with Crippen LogP contribution in [-0.2, 0) is 16.0 Å². The molecular formula is C21H23N5O6. The number of hydrogen-bond acceptors (Lipinski definition) is 6.